The molecule has 0 aliphatic carbocycles. The number of carbonyl (C=O) groups excluding carboxylic acids is 1. The second-order valence-corrected chi connectivity index (χ2v) is 5.22. The number of nitrogens with one attached hydrogen (secondary N) is 1. The molecule has 2 rings (SSSR count). The molecule has 2 aromatic rings. The molecule has 0 fully saturated rings. The molecule has 1 atom stereocenters. The Morgan fingerprint density at radius 1 is 1.22 bits per heavy atom. The molecular weight excluding hydrogens is 244 g/mol. The summed E-state index contributed by atoms with van der Waals surface area (Å²) >= 11 is 1.54. The fourth-order valence-electron chi connectivity index (χ4n) is 1.44. The molecule has 1 aromatic heterocycles. The van der Waals surface area contributed by atoms with E-state index < -0.39 is 0 Å². The molecule has 1 unspecified atom stereocenters. The molecule has 0 saturated carbocycles. The van der Waals surface area contributed by atoms with E-state index in [1.807, 2.05) is 43.3 Å². The molecule has 0 aliphatic heterocycles. The number of carbonyl (C=O) groups is 1. The summed E-state index contributed by atoms with van der Waals surface area (Å²) in [5.41, 5.74) is 0.725. The van der Waals surface area contributed by atoms with Gasteiger partial charge in [-0.25, -0.2) is 0 Å². The van der Waals surface area contributed by atoms with E-state index in [1.54, 1.807) is 18.5 Å². The van der Waals surface area contributed by atoms with Crippen molar-refractivity contribution < 1.29 is 4.79 Å². The molecule has 92 valence electrons. The zero-order chi connectivity index (χ0) is 12.8. The lowest BCUT2D eigenvalue weighted by atomic mass is 10.4. The Morgan fingerprint density at radius 3 is 2.67 bits per heavy atom. The molecule has 0 saturated heterocycles. The van der Waals surface area contributed by atoms with Crippen LogP contribution in [0.3, 0.4) is 0 Å². The Hall–Kier alpha value is -1.81. The quantitative estimate of drug-likeness (QED) is 0.856. The fraction of sp³-hybridized carbons (Fsp3) is 0.143. The number of hydrogen-bond donors (Lipinski definition) is 1. The van der Waals surface area contributed by atoms with Crippen molar-refractivity contribution in [1.82, 2.24) is 4.98 Å². The SMILES string of the molecule is CC(Sc1ccccc1)C(=O)Nc1cccnc1. The number of thioether (sulfide) groups is 1. The van der Waals surface area contributed by atoms with Gasteiger partial charge in [0.15, 0.2) is 0 Å². The van der Waals surface area contributed by atoms with E-state index in [9.17, 15) is 4.79 Å². The Kier molecular flexibility index (Phi) is 4.36. The monoisotopic (exact) mass is 258 g/mol. The van der Waals surface area contributed by atoms with E-state index in [0.29, 0.717) is 0 Å². The summed E-state index contributed by atoms with van der Waals surface area (Å²) in [6.07, 6.45) is 3.32. The summed E-state index contributed by atoms with van der Waals surface area (Å²) in [7, 11) is 0. The van der Waals surface area contributed by atoms with Crippen molar-refractivity contribution in [2.24, 2.45) is 0 Å². The lowest BCUT2D eigenvalue weighted by molar-refractivity contribution is -0.115. The van der Waals surface area contributed by atoms with Gasteiger partial charge in [-0.2, -0.15) is 0 Å². The number of hydrogen-bond acceptors (Lipinski definition) is 3. The van der Waals surface area contributed by atoms with Crippen LogP contribution in [0.2, 0.25) is 0 Å². The first kappa shape index (κ1) is 12.6. The van der Waals surface area contributed by atoms with Gasteiger partial charge >= 0.3 is 0 Å². The molecule has 0 spiro atoms. The van der Waals surface area contributed by atoms with Gasteiger partial charge in [-0.1, -0.05) is 18.2 Å². The highest BCUT2D eigenvalue weighted by Gasteiger charge is 2.14. The summed E-state index contributed by atoms with van der Waals surface area (Å²) < 4.78 is 0. The van der Waals surface area contributed by atoms with E-state index in [0.717, 1.165) is 10.6 Å². The number of aromatic nitrogens is 1. The highest BCUT2D eigenvalue weighted by atomic mass is 32.2. The van der Waals surface area contributed by atoms with Crippen LogP contribution in [0.4, 0.5) is 5.69 Å². The number of benzene rings is 1. The zero-order valence-electron chi connectivity index (χ0n) is 10.0. The maximum Gasteiger partial charge on any atom is 0.237 e. The van der Waals surface area contributed by atoms with Crippen molar-refractivity contribution in [3.8, 4) is 0 Å². The van der Waals surface area contributed by atoms with Gasteiger partial charge in [0.25, 0.3) is 0 Å². The number of pyridine rings is 1. The first-order valence-corrected chi connectivity index (χ1v) is 6.56. The van der Waals surface area contributed by atoms with E-state index in [4.69, 9.17) is 0 Å². The molecule has 1 aromatic carbocycles. The van der Waals surface area contributed by atoms with Crippen LogP contribution >= 0.6 is 11.8 Å². The standard InChI is InChI=1S/C14H14N2OS/c1-11(18-13-7-3-2-4-8-13)14(17)16-12-6-5-9-15-10-12/h2-11H,1H3,(H,16,17). The number of anilines is 1. The Bertz CT molecular complexity index is 502. The highest BCUT2D eigenvalue weighted by molar-refractivity contribution is 8.00. The van der Waals surface area contributed by atoms with E-state index in [1.165, 1.54) is 11.8 Å². The molecule has 4 heteroatoms. The number of nitrogens with zero attached hydrogens (tertiary/aromatic N) is 1. The lowest BCUT2D eigenvalue weighted by Gasteiger charge is -2.11. The summed E-state index contributed by atoms with van der Waals surface area (Å²) in [6.45, 7) is 1.89. The predicted octanol–water partition coefficient (Wildman–Crippen LogP) is 3.20. The topological polar surface area (TPSA) is 42.0 Å². The average molecular weight is 258 g/mol. The van der Waals surface area contributed by atoms with Gasteiger partial charge in [0.1, 0.15) is 0 Å². The van der Waals surface area contributed by atoms with Crippen molar-refractivity contribution in [2.75, 3.05) is 5.32 Å². The third-order valence-electron chi connectivity index (χ3n) is 2.35. The number of amides is 1. The molecule has 0 bridgehead atoms. The minimum Gasteiger partial charge on any atom is -0.324 e. The maximum atomic E-state index is 12.0. The van der Waals surface area contributed by atoms with E-state index in [-0.39, 0.29) is 11.2 Å². The lowest BCUT2D eigenvalue weighted by Crippen LogP contribution is -2.22. The first-order valence-electron chi connectivity index (χ1n) is 5.68. The molecule has 18 heavy (non-hydrogen) atoms. The van der Waals surface area contributed by atoms with Crippen molar-refractivity contribution in [3.05, 3.63) is 54.9 Å². The van der Waals surface area contributed by atoms with Crippen LogP contribution in [0, 0.1) is 0 Å². The molecule has 1 amide bonds. The first-order chi connectivity index (χ1) is 8.75. The molecule has 3 nitrogen and oxygen atoms in total. The molecule has 1 heterocycles. The van der Waals surface area contributed by atoms with Crippen LogP contribution in [0.1, 0.15) is 6.92 Å². The van der Waals surface area contributed by atoms with Gasteiger partial charge in [-0.15, -0.1) is 11.8 Å². The van der Waals surface area contributed by atoms with Crippen molar-refractivity contribution in [2.45, 2.75) is 17.1 Å². The van der Waals surface area contributed by atoms with Gasteiger partial charge in [0, 0.05) is 11.1 Å². The van der Waals surface area contributed by atoms with E-state index >= 15 is 0 Å². The van der Waals surface area contributed by atoms with Crippen LogP contribution in [0.5, 0.6) is 0 Å². The number of rotatable bonds is 4. The molecular formula is C14H14N2OS. The van der Waals surface area contributed by atoms with Gasteiger partial charge in [0.05, 0.1) is 17.1 Å². The summed E-state index contributed by atoms with van der Waals surface area (Å²) in [5, 5.41) is 2.69. The molecule has 1 N–H and O–H groups in total. The zero-order valence-corrected chi connectivity index (χ0v) is 10.9. The summed E-state index contributed by atoms with van der Waals surface area (Å²) in [5.74, 6) is -0.0168. The third kappa shape index (κ3) is 3.60. The maximum absolute atomic E-state index is 12.0. The van der Waals surface area contributed by atoms with E-state index in [2.05, 4.69) is 10.3 Å². The van der Waals surface area contributed by atoms with Crippen LogP contribution in [0.15, 0.2) is 59.8 Å². The Balaban J connectivity index is 1.93. The third-order valence-corrected chi connectivity index (χ3v) is 3.47. The van der Waals surface area contributed by atoms with Crippen LogP contribution < -0.4 is 5.32 Å². The van der Waals surface area contributed by atoms with Crippen molar-refractivity contribution in [1.29, 1.82) is 0 Å². The summed E-state index contributed by atoms with van der Waals surface area (Å²) in [6, 6.07) is 13.5. The highest BCUT2D eigenvalue weighted by Crippen LogP contribution is 2.23. The van der Waals surface area contributed by atoms with Crippen LogP contribution in [-0.2, 0) is 4.79 Å². The minimum atomic E-state index is -0.146. The van der Waals surface area contributed by atoms with Gasteiger partial charge < -0.3 is 5.32 Å². The van der Waals surface area contributed by atoms with Crippen LogP contribution in [-0.4, -0.2) is 16.1 Å². The van der Waals surface area contributed by atoms with Gasteiger partial charge in [0.2, 0.25) is 5.91 Å². The second-order valence-electron chi connectivity index (χ2n) is 3.80. The van der Waals surface area contributed by atoms with Gasteiger partial charge in [-0.05, 0) is 31.2 Å². The Morgan fingerprint density at radius 2 is 2.00 bits per heavy atom. The minimum absolute atomic E-state index is 0.0168. The second kappa shape index (κ2) is 6.21. The normalized spacial score (nSPS) is 11.8. The largest absolute Gasteiger partial charge is 0.324 e. The summed E-state index contributed by atoms with van der Waals surface area (Å²) in [4.78, 5) is 17.0. The molecule has 0 radical (unpaired) electrons. The molecule has 0 aliphatic rings. The van der Waals surface area contributed by atoms with Crippen molar-refractivity contribution >= 4 is 23.4 Å². The predicted molar refractivity (Wildman–Crippen MR) is 74.6 cm³/mol. The fourth-order valence-corrected chi connectivity index (χ4v) is 2.33. The smallest absolute Gasteiger partial charge is 0.237 e. The average Bonchev–Trinajstić information content (AvgIpc) is 2.41. The van der Waals surface area contributed by atoms with Gasteiger partial charge in [-0.3, -0.25) is 9.78 Å². The van der Waals surface area contributed by atoms with Crippen LogP contribution in [0.25, 0.3) is 0 Å². The van der Waals surface area contributed by atoms with Crippen molar-refractivity contribution in [3.63, 3.8) is 0 Å². The Labute approximate surface area is 111 Å².